The van der Waals surface area contributed by atoms with Gasteiger partial charge >= 0.3 is 0 Å². The molecule has 3 fully saturated rings. The molecule has 0 bridgehead atoms. The first-order chi connectivity index (χ1) is 13.2. The van der Waals surface area contributed by atoms with Crippen LogP contribution in [0.15, 0.2) is 24.3 Å². The molecule has 1 aromatic rings. The number of hydrogen-bond donors (Lipinski definition) is 1. The Morgan fingerprint density at radius 1 is 1.07 bits per heavy atom. The number of rotatable bonds is 6. The van der Waals surface area contributed by atoms with Gasteiger partial charge in [-0.05, 0) is 76.5 Å². The number of piperidine rings is 1. The molecule has 2 saturated heterocycles. The Kier molecular flexibility index (Phi) is 6.31. The fourth-order valence-corrected chi connectivity index (χ4v) is 4.92. The van der Waals surface area contributed by atoms with Crippen LogP contribution >= 0.6 is 12.2 Å². The zero-order chi connectivity index (χ0) is 18.6. The maximum Gasteiger partial charge on any atom is 0.119 e. The van der Waals surface area contributed by atoms with Crippen molar-refractivity contribution in [2.75, 3.05) is 31.5 Å². The SMILES string of the molecule is C[C@@H]1CCCN1CC(=S)Nc1ccc(OC2CC(N3CCCCC3)C2)cc1. The summed E-state index contributed by atoms with van der Waals surface area (Å²) in [5.41, 5.74) is 1.05. The molecule has 2 aliphatic heterocycles. The first-order valence-corrected chi connectivity index (χ1v) is 11.1. The largest absolute Gasteiger partial charge is 0.490 e. The molecule has 1 aliphatic carbocycles. The van der Waals surface area contributed by atoms with Crippen LogP contribution in [0.5, 0.6) is 5.75 Å². The van der Waals surface area contributed by atoms with Crippen molar-refractivity contribution in [3.05, 3.63) is 24.3 Å². The predicted octanol–water partition coefficient (Wildman–Crippen LogP) is 4.31. The third kappa shape index (κ3) is 5.01. The van der Waals surface area contributed by atoms with Gasteiger partial charge in [0.1, 0.15) is 11.9 Å². The monoisotopic (exact) mass is 387 g/mol. The van der Waals surface area contributed by atoms with E-state index < -0.39 is 0 Å². The average Bonchev–Trinajstić information content (AvgIpc) is 3.04. The normalized spacial score (nSPS) is 29.3. The molecule has 3 aliphatic rings. The Balaban J connectivity index is 1.19. The highest BCUT2D eigenvalue weighted by Crippen LogP contribution is 2.31. The number of anilines is 1. The molecule has 0 aromatic heterocycles. The molecule has 27 heavy (non-hydrogen) atoms. The second kappa shape index (κ2) is 8.89. The van der Waals surface area contributed by atoms with Gasteiger partial charge in [0.2, 0.25) is 0 Å². The van der Waals surface area contributed by atoms with E-state index in [0.29, 0.717) is 12.1 Å². The van der Waals surface area contributed by atoms with Gasteiger partial charge in [0.15, 0.2) is 0 Å². The van der Waals surface area contributed by atoms with E-state index in [-0.39, 0.29) is 0 Å². The van der Waals surface area contributed by atoms with Crippen molar-refractivity contribution in [1.82, 2.24) is 9.80 Å². The van der Waals surface area contributed by atoms with Crippen molar-refractivity contribution in [2.45, 2.75) is 70.1 Å². The minimum Gasteiger partial charge on any atom is -0.490 e. The zero-order valence-electron chi connectivity index (χ0n) is 16.5. The highest BCUT2D eigenvalue weighted by molar-refractivity contribution is 7.80. The van der Waals surface area contributed by atoms with Crippen LogP contribution in [0.1, 0.15) is 51.9 Å². The third-order valence-electron chi connectivity index (χ3n) is 6.46. The van der Waals surface area contributed by atoms with Crippen LogP contribution < -0.4 is 10.1 Å². The highest BCUT2D eigenvalue weighted by atomic mass is 32.1. The number of ether oxygens (including phenoxy) is 1. The van der Waals surface area contributed by atoms with Crippen molar-refractivity contribution >= 4 is 22.9 Å². The summed E-state index contributed by atoms with van der Waals surface area (Å²) in [6.45, 7) is 6.88. The molecule has 5 heteroatoms. The van der Waals surface area contributed by atoms with Crippen LogP contribution in [0.3, 0.4) is 0 Å². The number of nitrogens with one attached hydrogen (secondary N) is 1. The molecule has 4 nitrogen and oxygen atoms in total. The molecule has 1 atom stereocenters. The number of nitrogens with zero attached hydrogens (tertiary/aromatic N) is 2. The van der Waals surface area contributed by atoms with Crippen LogP contribution in [0.25, 0.3) is 0 Å². The molecule has 2 heterocycles. The van der Waals surface area contributed by atoms with E-state index in [1.807, 2.05) is 0 Å². The number of benzene rings is 1. The van der Waals surface area contributed by atoms with Gasteiger partial charge in [-0.25, -0.2) is 0 Å². The smallest absolute Gasteiger partial charge is 0.119 e. The van der Waals surface area contributed by atoms with Gasteiger partial charge in [-0.3, -0.25) is 4.90 Å². The topological polar surface area (TPSA) is 27.7 Å². The van der Waals surface area contributed by atoms with Gasteiger partial charge in [-0.2, -0.15) is 0 Å². The lowest BCUT2D eigenvalue weighted by molar-refractivity contribution is 0.00893. The van der Waals surface area contributed by atoms with Crippen LogP contribution in [0, 0.1) is 0 Å². The Morgan fingerprint density at radius 3 is 2.48 bits per heavy atom. The quantitative estimate of drug-likeness (QED) is 0.735. The van der Waals surface area contributed by atoms with Crippen molar-refractivity contribution in [1.29, 1.82) is 0 Å². The van der Waals surface area contributed by atoms with Gasteiger partial charge in [-0.1, -0.05) is 18.6 Å². The summed E-state index contributed by atoms with van der Waals surface area (Å²) in [5.74, 6) is 0.974. The Hall–Kier alpha value is -1.17. The highest BCUT2D eigenvalue weighted by Gasteiger charge is 2.35. The molecule has 0 radical (unpaired) electrons. The maximum absolute atomic E-state index is 6.16. The summed E-state index contributed by atoms with van der Waals surface area (Å²) in [6.07, 6.45) is 9.46. The second-order valence-corrected chi connectivity index (χ2v) is 8.99. The molecule has 0 amide bonds. The number of thiocarbonyl (C=S) groups is 1. The molecule has 1 aromatic carbocycles. The van der Waals surface area contributed by atoms with Gasteiger partial charge in [0.05, 0.1) is 4.99 Å². The van der Waals surface area contributed by atoms with Gasteiger partial charge in [0, 0.05) is 37.2 Å². The van der Waals surface area contributed by atoms with Crippen LogP contribution in [-0.2, 0) is 0 Å². The summed E-state index contributed by atoms with van der Waals surface area (Å²) >= 11 is 5.54. The van der Waals surface area contributed by atoms with Crippen molar-refractivity contribution in [3.8, 4) is 5.75 Å². The summed E-state index contributed by atoms with van der Waals surface area (Å²) in [6, 6.07) is 9.69. The van der Waals surface area contributed by atoms with E-state index in [0.717, 1.165) is 35.6 Å². The van der Waals surface area contributed by atoms with E-state index in [9.17, 15) is 0 Å². The molecule has 1 saturated carbocycles. The van der Waals surface area contributed by atoms with E-state index in [1.165, 1.54) is 58.0 Å². The molecule has 1 N–H and O–H groups in total. The molecule has 4 rings (SSSR count). The predicted molar refractivity (Wildman–Crippen MR) is 116 cm³/mol. The number of hydrogen-bond acceptors (Lipinski definition) is 4. The Morgan fingerprint density at radius 2 is 1.81 bits per heavy atom. The zero-order valence-corrected chi connectivity index (χ0v) is 17.3. The van der Waals surface area contributed by atoms with Crippen LogP contribution in [-0.4, -0.2) is 59.2 Å². The second-order valence-electron chi connectivity index (χ2n) is 8.50. The molecular formula is C22H33N3OS. The van der Waals surface area contributed by atoms with E-state index in [2.05, 4.69) is 46.3 Å². The first-order valence-electron chi connectivity index (χ1n) is 10.7. The standard InChI is InChI=1S/C22H33N3OS/c1-17-6-5-13-25(17)16-22(27)23-18-7-9-20(10-8-18)26-21-14-19(15-21)24-11-3-2-4-12-24/h7-10,17,19,21H,2-6,11-16H2,1H3,(H,23,27)/t17-,19?,21?/m1/s1. The minimum absolute atomic E-state index is 0.383. The number of likely N-dealkylation sites (tertiary alicyclic amines) is 2. The average molecular weight is 388 g/mol. The summed E-state index contributed by atoms with van der Waals surface area (Å²) in [4.78, 5) is 6.03. The summed E-state index contributed by atoms with van der Waals surface area (Å²) in [5, 5.41) is 3.38. The lowest BCUT2D eigenvalue weighted by atomic mass is 9.86. The first kappa shape index (κ1) is 19.2. The fraction of sp³-hybridized carbons (Fsp3) is 0.682. The van der Waals surface area contributed by atoms with Crippen molar-refractivity contribution in [3.63, 3.8) is 0 Å². The van der Waals surface area contributed by atoms with Crippen molar-refractivity contribution < 1.29 is 4.74 Å². The summed E-state index contributed by atoms with van der Waals surface area (Å²) in [7, 11) is 0. The van der Waals surface area contributed by atoms with Gasteiger partial charge in [0.25, 0.3) is 0 Å². The molecular weight excluding hydrogens is 354 g/mol. The lowest BCUT2D eigenvalue weighted by Crippen LogP contribution is -2.50. The van der Waals surface area contributed by atoms with Gasteiger partial charge in [-0.15, -0.1) is 0 Å². The molecule has 148 valence electrons. The summed E-state index contributed by atoms with van der Waals surface area (Å²) < 4.78 is 6.16. The lowest BCUT2D eigenvalue weighted by Gasteiger charge is -2.44. The van der Waals surface area contributed by atoms with Gasteiger partial charge < -0.3 is 15.0 Å². The molecule has 0 spiro atoms. The third-order valence-corrected chi connectivity index (χ3v) is 6.69. The molecule has 0 unspecified atom stereocenters. The fourth-order valence-electron chi connectivity index (χ4n) is 4.64. The maximum atomic E-state index is 6.16. The van der Waals surface area contributed by atoms with E-state index >= 15 is 0 Å². The minimum atomic E-state index is 0.383. The van der Waals surface area contributed by atoms with Crippen LogP contribution in [0.4, 0.5) is 5.69 Å². The Labute approximate surface area is 169 Å². The van der Waals surface area contributed by atoms with Crippen molar-refractivity contribution in [2.24, 2.45) is 0 Å². The Bertz CT molecular complexity index is 623. The van der Waals surface area contributed by atoms with E-state index in [1.54, 1.807) is 0 Å². The van der Waals surface area contributed by atoms with E-state index in [4.69, 9.17) is 17.0 Å². The van der Waals surface area contributed by atoms with Crippen LogP contribution in [0.2, 0.25) is 0 Å².